The predicted molar refractivity (Wildman–Crippen MR) is 119 cm³/mol. The fourth-order valence-electron chi connectivity index (χ4n) is 3.06. The van der Waals surface area contributed by atoms with Crippen molar-refractivity contribution in [3.05, 3.63) is 95.8 Å². The average Bonchev–Trinajstić information content (AvgIpc) is 2.80. The van der Waals surface area contributed by atoms with Crippen LogP contribution in [-0.4, -0.2) is 23.0 Å². The second kappa shape index (κ2) is 8.75. The fraction of sp³-hybridized carbons (Fsp3) is 0.0800. The SMILES string of the molecule is COc1ccc(-c2cc(-c3ccc(C)cc3)nc(NC(=O)c3ccc(F)cc3)n2)cc1. The minimum Gasteiger partial charge on any atom is -0.497 e. The Bertz CT molecular complexity index is 1210. The summed E-state index contributed by atoms with van der Waals surface area (Å²) in [6.07, 6.45) is 0. The van der Waals surface area contributed by atoms with Crippen molar-refractivity contribution < 1.29 is 13.9 Å². The lowest BCUT2D eigenvalue weighted by molar-refractivity contribution is 0.102. The van der Waals surface area contributed by atoms with Gasteiger partial charge in [0.25, 0.3) is 5.91 Å². The Morgan fingerprint density at radius 1 is 0.839 bits per heavy atom. The number of hydrogen-bond donors (Lipinski definition) is 1. The lowest BCUT2D eigenvalue weighted by atomic mass is 10.1. The summed E-state index contributed by atoms with van der Waals surface area (Å²) in [4.78, 5) is 21.7. The van der Waals surface area contributed by atoms with Gasteiger partial charge in [-0.15, -0.1) is 0 Å². The molecule has 0 aliphatic carbocycles. The van der Waals surface area contributed by atoms with Gasteiger partial charge in [-0.25, -0.2) is 14.4 Å². The largest absolute Gasteiger partial charge is 0.497 e. The first-order valence-electron chi connectivity index (χ1n) is 9.69. The molecule has 31 heavy (non-hydrogen) atoms. The van der Waals surface area contributed by atoms with E-state index in [9.17, 15) is 9.18 Å². The molecule has 1 heterocycles. The van der Waals surface area contributed by atoms with E-state index in [1.807, 2.05) is 61.5 Å². The number of halogens is 1. The first-order valence-corrected chi connectivity index (χ1v) is 9.69. The number of nitrogens with one attached hydrogen (secondary N) is 1. The van der Waals surface area contributed by atoms with Gasteiger partial charge in [0.1, 0.15) is 11.6 Å². The number of rotatable bonds is 5. The summed E-state index contributed by atoms with van der Waals surface area (Å²) in [5.41, 5.74) is 4.54. The topological polar surface area (TPSA) is 64.1 Å². The number of hydrogen-bond acceptors (Lipinski definition) is 4. The zero-order chi connectivity index (χ0) is 21.8. The molecule has 1 N–H and O–H groups in total. The molecule has 3 aromatic carbocycles. The quantitative estimate of drug-likeness (QED) is 0.468. The van der Waals surface area contributed by atoms with Crippen LogP contribution in [0.1, 0.15) is 15.9 Å². The molecule has 1 aromatic heterocycles. The van der Waals surface area contributed by atoms with E-state index in [0.717, 1.165) is 22.4 Å². The van der Waals surface area contributed by atoms with Gasteiger partial charge in [0.2, 0.25) is 5.95 Å². The number of benzene rings is 3. The summed E-state index contributed by atoms with van der Waals surface area (Å²) < 4.78 is 18.4. The van der Waals surface area contributed by atoms with E-state index in [4.69, 9.17) is 4.74 Å². The molecule has 0 radical (unpaired) electrons. The van der Waals surface area contributed by atoms with Crippen LogP contribution in [0.5, 0.6) is 5.75 Å². The normalized spacial score (nSPS) is 10.5. The van der Waals surface area contributed by atoms with Crippen molar-refractivity contribution in [2.45, 2.75) is 6.92 Å². The molecule has 0 saturated heterocycles. The molecule has 0 spiro atoms. The summed E-state index contributed by atoms with van der Waals surface area (Å²) in [5, 5.41) is 2.72. The maximum absolute atomic E-state index is 13.2. The maximum atomic E-state index is 13.2. The van der Waals surface area contributed by atoms with Gasteiger partial charge in [0.05, 0.1) is 18.5 Å². The third kappa shape index (κ3) is 4.75. The molecule has 154 valence electrons. The molecule has 0 saturated carbocycles. The molecule has 0 fully saturated rings. The zero-order valence-electron chi connectivity index (χ0n) is 17.1. The van der Waals surface area contributed by atoms with Crippen molar-refractivity contribution in [2.24, 2.45) is 0 Å². The van der Waals surface area contributed by atoms with Crippen molar-refractivity contribution in [2.75, 3.05) is 12.4 Å². The number of amides is 1. The lowest BCUT2D eigenvalue weighted by Crippen LogP contribution is -2.14. The highest BCUT2D eigenvalue weighted by Gasteiger charge is 2.13. The van der Waals surface area contributed by atoms with Gasteiger partial charge in [-0.1, -0.05) is 29.8 Å². The minimum atomic E-state index is -0.415. The molecular formula is C25H20FN3O2. The van der Waals surface area contributed by atoms with Crippen LogP contribution in [0, 0.1) is 12.7 Å². The van der Waals surface area contributed by atoms with Crippen LogP contribution < -0.4 is 10.1 Å². The van der Waals surface area contributed by atoms with E-state index in [1.54, 1.807) is 7.11 Å². The van der Waals surface area contributed by atoms with Gasteiger partial charge < -0.3 is 4.74 Å². The maximum Gasteiger partial charge on any atom is 0.258 e. The second-order valence-corrected chi connectivity index (χ2v) is 7.02. The highest BCUT2D eigenvalue weighted by molar-refractivity contribution is 6.03. The van der Waals surface area contributed by atoms with Gasteiger partial charge in [-0.3, -0.25) is 10.1 Å². The molecule has 6 heteroatoms. The Morgan fingerprint density at radius 2 is 1.39 bits per heavy atom. The average molecular weight is 413 g/mol. The first-order chi connectivity index (χ1) is 15.0. The van der Waals surface area contributed by atoms with Gasteiger partial charge in [0.15, 0.2) is 0 Å². The monoisotopic (exact) mass is 413 g/mol. The lowest BCUT2D eigenvalue weighted by Gasteiger charge is -2.10. The van der Waals surface area contributed by atoms with E-state index in [1.165, 1.54) is 24.3 Å². The molecule has 0 aliphatic heterocycles. The van der Waals surface area contributed by atoms with Gasteiger partial charge in [-0.2, -0.15) is 0 Å². The Labute approximate surface area is 179 Å². The van der Waals surface area contributed by atoms with Crippen molar-refractivity contribution in [1.82, 2.24) is 9.97 Å². The van der Waals surface area contributed by atoms with Gasteiger partial charge >= 0.3 is 0 Å². The Morgan fingerprint density at radius 3 is 1.94 bits per heavy atom. The molecule has 1 amide bonds. The summed E-state index contributed by atoms with van der Waals surface area (Å²) in [6.45, 7) is 2.01. The fourth-order valence-corrected chi connectivity index (χ4v) is 3.06. The smallest absolute Gasteiger partial charge is 0.258 e. The van der Waals surface area contributed by atoms with Gasteiger partial charge in [0, 0.05) is 16.7 Å². The van der Waals surface area contributed by atoms with Crippen LogP contribution in [0.4, 0.5) is 10.3 Å². The Balaban J connectivity index is 1.73. The molecule has 4 rings (SSSR count). The van der Waals surface area contributed by atoms with Gasteiger partial charge in [-0.05, 0) is 61.5 Å². The van der Waals surface area contributed by atoms with Crippen molar-refractivity contribution >= 4 is 11.9 Å². The van der Waals surface area contributed by atoms with Crippen molar-refractivity contribution in [3.8, 4) is 28.3 Å². The number of methoxy groups -OCH3 is 1. The highest BCUT2D eigenvalue weighted by Crippen LogP contribution is 2.27. The van der Waals surface area contributed by atoms with Crippen LogP contribution in [-0.2, 0) is 0 Å². The molecule has 4 aromatic rings. The summed E-state index contributed by atoms with van der Waals surface area (Å²) in [6, 6.07) is 22.6. The van der Waals surface area contributed by atoms with E-state index < -0.39 is 11.7 Å². The number of aryl methyl sites for hydroxylation is 1. The second-order valence-electron chi connectivity index (χ2n) is 7.02. The van der Waals surface area contributed by atoms with E-state index >= 15 is 0 Å². The number of carbonyl (C=O) groups is 1. The summed E-state index contributed by atoms with van der Waals surface area (Å²) >= 11 is 0. The van der Waals surface area contributed by atoms with E-state index in [0.29, 0.717) is 17.0 Å². The van der Waals surface area contributed by atoms with Crippen LogP contribution in [0.3, 0.4) is 0 Å². The van der Waals surface area contributed by atoms with Crippen molar-refractivity contribution in [3.63, 3.8) is 0 Å². The molecule has 5 nitrogen and oxygen atoms in total. The van der Waals surface area contributed by atoms with Crippen molar-refractivity contribution in [1.29, 1.82) is 0 Å². The highest BCUT2D eigenvalue weighted by atomic mass is 19.1. The third-order valence-corrected chi connectivity index (χ3v) is 4.79. The third-order valence-electron chi connectivity index (χ3n) is 4.79. The molecule has 0 unspecified atom stereocenters. The Kier molecular flexibility index (Phi) is 5.71. The number of nitrogens with zero attached hydrogens (tertiary/aromatic N) is 2. The molecule has 0 atom stereocenters. The number of aromatic nitrogens is 2. The number of anilines is 1. The van der Waals surface area contributed by atoms with Crippen LogP contribution in [0.2, 0.25) is 0 Å². The van der Waals surface area contributed by atoms with Crippen LogP contribution >= 0.6 is 0 Å². The van der Waals surface area contributed by atoms with E-state index in [2.05, 4.69) is 15.3 Å². The zero-order valence-corrected chi connectivity index (χ0v) is 17.1. The summed E-state index contributed by atoms with van der Waals surface area (Å²) in [5.74, 6) is 0.0808. The van der Waals surface area contributed by atoms with E-state index in [-0.39, 0.29) is 5.95 Å². The molecule has 0 bridgehead atoms. The van der Waals surface area contributed by atoms with Crippen LogP contribution in [0.15, 0.2) is 78.9 Å². The number of ether oxygens (including phenoxy) is 1. The van der Waals surface area contributed by atoms with Crippen LogP contribution in [0.25, 0.3) is 22.5 Å². The standard InChI is InChI=1S/C25H20FN3O2/c1-16-3-5-17(6-4-16)22-15-23(18-9-13-21(31-2)14-10-18)28-25(27-22)29-24(30)19-7-11-20(26)12-8-19/h3-15H,1-2H3,(H,27,28,29,30). The first kappa shape index (κ1) is 20.2. The minimum absolute atomic E-state index is 0.165. The number of carbonyl (C=O) groups excluding carboxylic acids is 1. The summed E-state index contributed by atoms with van der Waals surface area (Å²) in [7, 11) is 1.61. The Hall–Kier alpha value is -4.06. The molecular weight excluding hydrogens is 393 g/mol. The predicted octanol–water partition coefficient (Wildman–Crippen LogP) is 5.52. The molecule has 0 aliphatic rings.